The van der Waals surface area contributed by atoms with E-state index < -0.39 is 0 Å². The Morgan fingerprint density at radius 2 is 2.00 bits per heavy atom. The van der Waals surface area contributed by atoms with E-state index in [9.17, 15) is 4.79 Å². The topological polar surface area (TPSA) is 50.7 Å². The molecule has 2 heterocycles. The molecule has 4 heteroatoms. The number of fused-ring (bicyclic) bond motifs is 2. The molecule has 0 radical (unpaired) electrons. The van der Waals surface area contributed by atoms with E-state index in [1.54, 1.807) is 10.9 Å². The summed E-state index contributed by atoms with van der Waals surface area (Å²) in [6, 6.07) is 15.2. The van der Waals surface area contributed by atoms with Gasteiger partial charge < -0.3 is 4.98 Å². The molecule has 0 aliphatic carbocycles. The smallest absolute Gasteiger partial charge is 0.263 e. The summed E-state index contributed by atoms with van der Waals surface area (Å²) in [6.07, 6.45) is 3.44. The van der Waals surface area contributed by atoms with Crippen molar-refractivity contribution in [2.45, 2.75) is 0 Å². The van der Waals surface area contributed by atoms with Crippen molar-refractivity contribution in [3.05, 3.63) is 66.6 Å². The van der Waals surface area contributed by atoms with Crippen LogP contribution < -0.4 is 0 Å². The molecule has 0 atom stereocenters. The monoisotopic (exact) mass is 261 g/mol. The Labute approximate surface area is 114 Å². The highest BCUT2D eigenvalue weighted by atomic mass is 16.2. The van der Waals surface area contributed by atoms with Gasteiger partial charge in [-0.25, -0.2) is 4.98 Å². The van der Waals surface area contributed by atoms with Crippen molar-refractivity contribution in [3.8, 4) is 0 Å². The molecule has 96 valence electrons. The lowest BCUT2D eigenvalue weighted by Crippen LogP contribution is -2.10. The number of imidazole rings is 1. The maximum Gasteiger partial charge on any atom is 0.263 e. The number of benzene rings is 2. The number of para-hydroxylation sites is 2. The molecule has 0 fully saturated rings. The Balaban J connectivity index is 1.86. The van der Waals surface area contributed by atoms with E-state index in [4.69, 9.17) is 0 Å². The van der Waals surface area contributed by atoms with Crippen LogP contribution in [0, 0.1) is 0 Å². The number of hydrogen-bond acceptors (Lipinski definition) is 2. The molecule has 0 amide bonds. The first-order valence-corrected chi connectivity index (χ1v) is 6.37. The van der Waals surface area contributed by atoms with Gasteiger partial charge in [0.2, 0.25) is 0 Å². The molecule has 4 aromatic rings. The van der Waals surface area contributed by atoms with Crippen LogP contribution in [0.15, 0.2) is 61.1 Å². The van der Waals surface area contributed by atoms with Crippen molar-refractivity contribution in [1.82, 2.24) is 14.5 Å². The molecular weight excluding hydrogens is 250 g/mol. The first-order valence-electron chi connectivity index (χ1n) is 6.37. The van der Waals surface area contributed by atoms with E-state index in [0.29, 0.717) is 5.56 Å². The molecule has 2 aromatic heterocycles. The predicted molar refractivity (Wildman–Crippen MR) is 77.8 cm³/mol. The van der Waals surface area contributed by atoms with Crippen LogP contribution in [0.4, 0.5) is 0 Å². The number of hydrogen-bond donors (Lipinski definition) is 1. The largest absolute Gasteiger partial charge is 0.361 e. The molecule has 2 aromatic carbocycles. The second-order valence-electron chi connectivity index (χ2n) is 4.69. The molecule has 0 bridgehead atoms. The third kappa shape index (κ3) is 1.55. The molecule has 1 N–H and O–H groups in total. The van der Waals surface area contributed by atoms with Crippen LogP contribution in [0.3, 0.4) is 0 Å². The Morgan fingerprint density at radius 3 is 2.95 bits per heavy atom. The summed E-state index contributed by atoms with van der Waals surface area (Å²) in [6.45, 7) is 0. The zero-order valence-corrected chi connectivity index (χ0v) is 10.6. The average Bonchev–Trinajstić information content (AvgIpc) is 3.12. The molecule has 20 heavy (non-hydrogen) atoms. The molecule has 0 saturated carbocycles. The van der Waals surface area contributed by atoms with E-state index in [2.05, 4.69) is 9.97 Å². The average molecular weight is 261 g/mol. The van der Waals surface area contributed by atoms with Crippen LogP contribution in [-0.2, 0) is 0 Å². The van der Waals surface area contributed by atoms with Crippen LogP contribution in [0.25, 0.3) is 21.9 Å². The zero-order chi connectivity index (χ0) is 13.5. The molecule has 0 spiro atoms. The van der Waals surface area contributed by atoms with Crippen LogP contribution in [0.1, 0.15) is 10.4 Å². The highest BCUT2D eigenvalue weighted by molar-refractivity contribution is 6.03. The summed E-state index contributed by atoms with van der Waals surface area (Å²) in [5.41, 5.74) is 3.33. The summed E-state index contributed by atoms with van der Waals surface area (Å²) in [5.74, 6) is -0.0678. The molecule has 0 aliphatic heterocycles. The minimum Gasteiger partial charge on any atom is -0.361 e. The fraction of sp³-hybridized carbons (Fsp3) is 0. The van der Waals surface area contributed by atoms with Crippen molar-refractivity contribution < 1.29 is 4.79 Å². The second-order valence-corrected chi connectivity index (χ2v) is 4.69. The van der Waals surface area contributed by atoms with Gasteiger partial charge in [0.1, 0.15) is 6.33 Å². The minimum absolute atomic E-state index is 0.0678. The lowest BCUT2D eigenvalue weighted by molar-refractivity contribution is 0.0964. The second kappa shape index (κ2) is 4.06. The number of H-pyrrole nitrogens is 1. The van der Waals surface area contributed by atoms with Gasteiger partial charge in [0.15, 0.2) is 0 Å². The first-order chi connectivity index (χ1) is 9.83. The first kappa shape index (κ1) is 11.0. The molecule has 4 nitrogen and oxygen atoms in total. The van der Waals surface area contributed by atoms with Gasteiger partial charge in [0.25, 0.3) is 5.91 Å². The van der Waals surface area contributed by atoms with Crippen molar-refractivity contribution in [1.29, 1.82) is 0 Å². The Morgan fingerprint density at radius 1 is 1.10 bits per heavy atom. The fourth-order valence-electron chi connectivity index (χ4n) is 2.45. The third-order valence-electron chi connectivity index (χ3n) is 3.47. The summed E-state index contributed by atoms with van der Waals surface area (Å²) >= 11 is 0. The van der Waals surface area contributed by atoms with Gasteiger partial charge in [0.05, 0.1) is 11.0 Å². The quantitative estimate of drug-likeness (QED) is 0.572. The van der Waals surface area contributed by atoms with Crippen LogP contribution in [0.5, 0.6) is 0 Å². The number of nitrogens with zero attached hydrogens (tertiary/aromatic N) is 2. The van der Waals surface area contributed by atoms with Crippen molar-refractivity contribution in [2.24, 2.45) is 0 Å². The van der Waals surface area contributed by atoms with E-state index in [1.807, 2.05) is 54.7 Å². The van der Waals surface area contributed by atoms with Gasteiger partial charge >= 0.3 is 0 Å². The van der Waals surface area contributed by atoms with Gasteiger partial charge in [-0.05, 0) is 36.4 Å². The van der Waals surface area contributed by atoms with Gasteiger partial charge in [-0.1, -0.05) is 12.1 Å². The Hall–Kier alpha value is -2.88. The summed E-state index contributed by atoms with van der Waals surface area (Å²) in [5, 5.41) is 1.03. The van der Waals surface area contributed by atoms with Crippen molar-refractivity contribution >= 4 is 27.8 Å². The van der Waals surface area contributed by atoms with Gasteiger partial charge in [-0.2, -0.15) is 0 Å². The SMILES string of the molecule is O=C(c1ccc2[nH]ccc2c1)n1cnc2ccccc21. The number of aromatic amines is 1. The number of carbonyl (C=O) groups excluding carboxylic acids is 1. The van der Waals surface area contributed by atoms with E-state index in [0.717, 1.165) is 21.9 Å². The predicted octanol–water partition coefficient (Wildman–Crippen LogP) is 3.21. The zero-order valence-electron chi connectivity index (χ0n) is 10.6. The third-order valence-corrected chi connectivity index (χ3v) is 3.47. The lowest BCUT2D eigenvalue weighted by Gasteiger charge is -2.03. The van der Waals surface area contributed by atoms with Crippen LogP contribution >= 0.6 is 0 Å². The van der Waals surface area contributed by atoms with E-state index >= 15 is 0 Å². The van der Waals surface area contributed by atoms with E-state index in [1.165, 1.54) is 0 Å². The van der Waals surface area contributed by atoms with E-state index in [-0.39, 0.29) is 5.91 Å². The highest BCUT2D eigenvalue weighted by Gasteiger charge is 2.12. The van der Waals surface area contributed by atoms with Crippen molar-refractivity contribution in [2.75, 3.05) is 0 Å². The Kier molecular flexibility index (Phi) is 2.23. The summed E-state index contributed by atoms with van der Waals surface area (Å²) in [4.78, 5) is 20.0. The molecule has 0 aliphatic rings. The van der Waals surface area contributed by atoms with Gasteiger partial charge in [0, 0.05) is 22.7 Å². The minimum atomic E-state index is -0.0678. The maximum atomic E-state index is 12.6. The number of nitrogens with one attached hydrogen (secondary N) is 1. The molecule has 4 rings (SSSR count). The standard InChI is InChI=1S/C16H11N3O/c20-16(12-5-6-13-11(9-12)7-8-17-13)19-10-18-14-3-1-2-4-15(14)19/h1-10,17H. The molecule has 0 unspecified atom stereocenters. The lowest BCUT2D eigenvalue weighted by atomic mass is 10.1. The van der Waals surface area contributed by atoms with Crippen LogP contribution in [-0.4, -0.2) is 20.4 Å². The van der Waals surface area contributed by atoms with Crippen LogP contribution in [0.2, 0.25) is 0 Å². The maximum absolute atomic E-state index is 12.6. The summed E-state index contributed by atoms with van der Waals surface area (Å²) in [7, 11) is 0. The van der Waals surface area contributed by atoms with Gasteiger partial charge in [-0.3, -0.25) is 9.36 Å². The summed E-state index contributed by atoms with van der Waals surface area (Å²) < 4.78 is 1.59. The molecular formula is C16H11N3O. The number of aromatic nitrogens is 3. The van der Waals surface area contributed by atoms with Crippen molar-refractivity contribution in [3.63, 3.8) is 0 Å². The number of rotatable bonds is 1. The van der Waals surface area contributed by atoms with Gasteiger partial charge in [-0.15, -0.1) is 0 Å². The number of carbonyl (C=O) groups is 1. The Bertz CT molecular complexity index is 933. The fourth-order valence-corrected chi connectivity index (χ4v) is 2.45. The normalized spacial score (nSPS) is 11.2. The molecule has 0 saturated heterocycles. The highest BCUT2D eigenvalue weighted by Crippen LogP contribution is 2.18.